The summed E-state index contributed by atoms with van der Waals surface area (Å²) in [7, 11) is 0. The highest BCUT2D eigenvalue weighted by molar-refractivity contribution is 7.16. The van der Waals surface area contributed by atoms with E-state index in [1.807, 2.05) is 0 Å². The van der Waals surface area contributed by atoms with Crippen molar-refractivity contribution in [2.24, 2.45) is 10.7 Å². The van der Waals surface area contributed by atoms with Crippen LogP contribution in [0.15, 0.2) is 40.4 Å². The number of fused-ring (bicyclic) bond motifs is 1. The lowest BCUT2D eigenvalue weighted by atomic mass is 9.95. The minimum Gasteiger partial charge on any atom is -0.390 e. The minimum absolute atomic E-state index is 0.162. The van der Waals surface area contributed by atoms with E-state index in [1.165, 1.54) is 35.4 Å². The van der Waals surface area contributed by atoms with Gasteiger partial charge in [-0.05, 0) is 50.5 Å². The van der Waals surface area contributed by atoms with Crippen molar-refractivity contribution >= 4 is 22.2 Å². The molecular formula is C23H29F3N4S. The number of aliphatic imine (C=N–C) groups is 1. The average Bonchev–Trinajstić information content (AvgIpc) is 2.88. The van der Waals surface area contributed by atoms with Gasteiger partial charge in [0.25, 0.3) is 0 Å². The number of thiophene rings is 1. The van der Waals surface area contributed by atoms with Crippen LogP contribution in [0, 0.1) is 0 Å². The second-order valence-corrected chi connectivity index (χ2v) is 9.66. The number of hydrogen-bond donors (Lipinski definition) is 2. The third kappa shape index (κ3) is 5.23. The minimum atomic E-state index is -4.30. The highest BCUT2D eigenvalue weighted by Crippen LogP contribution is 2.36. The molecule has 0 spiro atoms. The van der Waals surface area contributed by atoms with E-state index in [9.17, 15) is 13.2 Å². The first-order valence-corrected chi connectivity index (χ1v) is 11.7. The van der Waals surface area contributed by atoms with Crippen molar-refractivity contribution in [2.75, 3.05) is 25.4 Å². The molecule has 1 aromatic heterocycles. The van der Waals surface area contributed by atoms with Crippen LogP contribution in [0.2, 0.25) is 0 Å². The van der Waals surface area contributed by atoms with Gasteiger partial charge in [0.05, 0.1) is 22.2 Å². The van der Waals surface area contributed by atoms with E-state index < -0.39 is 11.7 Å². The van der Waals surface area contributed by atoms with Crippen LogP contribution >= 0.6 is 11.3 Å². The van der Waals surface area contributed by atoms with Gasteiger partial charge in [0.2, 0.25) is 0 Å². The van der Waals surface area contributed by atoms with Crippen LogP contribution in [0.25, 0.3) is 0 Å². The zero-order valence-corrected chi connectivity index (χ0v) is 18.4. The average molecular weight is 451 g/mol. The molecule has 0 amide bonds. The molecule has 3 aliphatic rings. The van der Waals surface area contributed by atoms with Gasteiger partial charge >= 0.3 is 6.18 Å². The van der Waals surface area contributed by atoms with Crippen molar-refractivity contribution < 1.29 is 13.2 Å². The molecule has 4 nitrogen and oxygen atoms in total. The SMILES string of the molecule is NC(=NC1CCN(CC2=CC=C(C(F)(F)F)C=CC2)CC1)c1c(N)sc2c1CCCC2. The Morgan fingerprint density at radius 3 is 2.65 bits per heavy atom. The number of piperidine rings is 1. The predicted molar refractivity (Wildman–Crippen MR) is 122 cm³/mol. The van der Waals surface area contributed by atoms with Crippen LogP contribution in [-0.4, -0.2) is 42.6 Å². The summed E-state index contributed by atoms with van der Waals surface area (Å²) < 4.78 is 38.7. The third-order valence-corrected chi connectivity index (χ3v) is 7.38. The summed E-state index contributed by atoms with van der Waals surface area (Å²) in [5.41, 5.74) is 15.3. The molecule has 0 bridgehead atoms. The fourth-order valence-corrected chi connectivity index (χ4v) is 5.77. The van der Waals surface area contributed by atoms with E-state index >= 15 is 0 Å². The highest BCUT2D eigenvalue weighted by atomic mass is 32.1. The lowest BCUT2D eigenvalue weighted by molar-refractivity contribution is -0.0881. The van der Waals surface area contributed by atoms with Gasteiger partial charge in [-0.2, -0.15) is 13.2 Å². The van der Waals surface area contributed by atoms with Crippen molar-refractivity contribution in [3.63, 3.8) is 0 Å². The molecule has 1 saturated heterocycles. The molecule has 2 heterocycles. The second kappa shape index (κ2) is 9.20. The van der Waals surface area contributed by atoms with Crippen LogP contribution in [-0.2, 0) is 12.8 Å². The second-order valence-electron chi connectivity index (χ2n) is 8.52. The van der Waals surface area contributed by atoms with Crippen molar-refractivity contribution in [1.82, 2.24) is 4.90 Å². The largest absolute Gasteiger partial charge is 0.416 e. The van der Waals surface area contributed by atoms with Crippen LogP contribution in [0.3, 0.4) is 0 Å². The monoisotopic (exact) mass is 450 g/mol. The maximum absolute atomic E-state index is 12.9. The summed E-state index contributed by atoms with van der Waals surface area (Å²) in [6.45, 7) is 2.40. The summed E-state index contributed by atoms with van der Waals surface area (Å²) in [5.74, 6) is 0.566. The van der Waals surface area contributed by atoms with Gasteiger partial charge in [0, 0.05) is 24.5 Å². The number of nitrogen functional groups attached to an aromatic ring is 1. The molecule has 4 rings (SSSR count). The Morgan fingerprint density at radius 2 is 1.90 bits per heavy atom. The molecule has 4 N–H and O–H groups in total. The first kappa shape index (κ1) is 22.1. The molecule has 31 heavy (non-hydrogen) atoms. The molecule has 0 aromatic carbocycles. The number of nitrogens with two attached hydrogens (primary N) is 2. The number of anilines is 1. The zero-order chi connectivity index (χ0) is 22.0. The fraction of sp³-hybridized carbons (Fsp3) is 0.522. The number of aryl methyl sites for hydroxylation is 1. The third-order valence-electron chi connectivity index (χ3n) is 6.26. The Balaban J connectivity index is 1.35. The number of nitrogens with zero attached hydrogens (tertiary/aromatic N) is 2. The maximum atomic E-state index is 12.9. The van der Waals surface area contributed by atoms with Crippen LogP contribution in [0.1, 0.15) is 48.1 Å². The Labute approximate surface area is 185 Å². The van der Waals surface area contributed by atoms with E-state index in [1.54, 1.807) is 23.5 Å². The summed E-state index contributed by atoms with van der Waals surface area (Å²) in [6, 6.07) is 0.162. The Morgan fingerprint density at radius 1 is 1.16 bits per heavy atom. The van der Waals surface area contributed by atoms with E-state index in [2.05, 4.69) is 4.90 Å². The number of rotatable bonds is 4. The van der Waals surface area contributed by atoms with Gasteiger partial charge in [-0.3, -0.25) is 9.89 Å². The van der Waals surface area contributed by atoms with E-state index in [0.717, 1.165) is 54.9 Å². The number of likely N-dealkylation sites (tertiary alicyclic amines) is 1. The van der Waals surface area contributed by atoms with Gasteiger partial charge in [0.15, 0.2) is 0 Å². The molecule has 1 aliphatic heterocycles. The predicted octanol–water partition coefficient (Wildman–Crippen LogP) is 4.75. The molecule has 2 aliphatic carbocycles. The van der Waals surface area contributed by atoms with Gasteiger partial charge in [0.1, 0.15) is 5.84 Å². The molecule has 1 fully saturated rings. The molecule has 168 valence electrons. The first-order valence-electron chi connectivity index (χ1n) is 10.9. The standard InChI is InChI=1S/C23H29F3N4S/c24-23(25,26)16-5-3-4-15(8-9-16)14-30-12-10-17(11-13-30)29-21(27)20-18-6-1-2-7-19(18)31-22(20)28/h3,5,8-9,17H,1-2,4,6-7,10-14,28H2,(H2,27,29). The molecule has 0 saturated carbocycles. The van der Waals surface area contributed by atoms with Gasteiger partial charge in [-0.25, -0.2) is 0 Å². The quantitative estimate of drug-likeness (QED) is 0.514. The number of alkyl halides is 3. The zero-order valence-electron chi connectivity index (χ0n) is 17.5. The Bertz CT molecular complexity index is 931. The lowest BCUT2D eigenvalue weighted by Crippen LogP contribution is -2.37. The Kier molecular flexibility index (Phi) is 6.57. The van der Waals surface area contributed by atoms with Crippen molar-refractivity contribution in [1.29, 1.82) is 0 Å². The molecular weight excluding hydrogens is 421 g/mol. The van der Waals surface area contributed by atoms with Crippen molar-refractivity contribution in [3.8, 4) is 0 Å². The topological polar surface area (TPSA) is 67.6 Å². The van der Waals surface area contributed by atoms with Gasteiger partial charge < -0.3 is 11.5 Å². The fourth-order valence-electron chi connectivity index (χ4n) is 4.60. The number of allylic oxidation sites excluding steroid dienone is 5. The van der Waals surface area contributed by atoms with E-state index in [4.69, 9.17) is 16.5 Å². The van der Waals surface area contributed by atoms with Crippen LogP contribution in [0.5, 0.6) is 0 Å². The van der Waals surface area contributed by atoms with Crippen LogP contribution < -0.4 is 11.5 Å². The molecule has 0 radical (unpaired) electrons. The van der Waals surface area contributed by atoms with E-state index in [0.29, 0.717) is 18.8 Å². The summed E-state index contributed by atoms with van der Waals surface area (Å²) in [5, 5.41) is 0.783. The first-order chi connectivity index (χ1) is 14.8. The summed E-state index contributed by atoms with van der Waals surface area (Å²) in [4.78, 5) is 8.46. The molecule has 0 unspecified atom stereocenters. The van der Waals surface area contributed by atoms with Gasteiger partial charge in [-0.15, -0.1) is 11.3 Å². The van der Waals surface area contributed by atoms with Gasteiger partial charge in [-0.1, -0.05) is 29.9 Å². The summed E-state index contributed by atoms with van der Waals surface area (Å²) in [6.07, 6.45) is 8.09. The van der Waals surface area contributed by atoms with E-state index in [-0.39, 0.29) is 6.04 Å². The molecule has 0 atom stereocenters. The maximum Gasteiger partial charge on any atom is 0.416 e. The number of amidine groups is 1. The van der Waals surface area contributed by atoms with Crippen LogP contribution in [0.4, 0.5) is 18.2 Å². The highest BCUT2D eigenvalue weighted by Gasteiger charge is 2.31. The normalized spacial score (nSPS) is 21.5. The summed E-state index contributed by atoms with van der Waals surface area (Å²) >= 11 is 1.65. The molecule has 8 heteroatoms. The smallest absolute Gasteiger partial charge is 0.390 e. The van der Waals surface area contributed by atoms with Crippen molar-refractivity contribution in [2.45, 2.75) is 57.2 Å². The lowest BCUT2D eigenvalue weighted by Gasteiger charge is -2.31. The Hall–Kier alpha value is -2.06. The number of hydrogen-bond acceptors (Lipinski definition) is 4. The number of halogens is 3. The van der Waals surface area contributed by atoms with Crippen molar-refractivity contribution in [3.05, 3.63) is 51.5 Å². The molecule has 1 aromatic rings.